The largest absolute Gasteiger partial charge is 0.497 e. The smallest absolute Gasteiger partial charge is 0.226 e. The molecule has 0 heterocycles. The van der Waals surface area contributed by atoms with Gasteiger partial charge in [0.2, 0.25) is 5.91 Å². The van der Waals surface area contributed by atoms with Crippen LogP contribution in [0.3, 0.4) is 0 Å². The fourth-order valence-corrected chi connectivity index (χ4v) is 1.79. The van der Waals surface area contributed by atoms with Crippen LogP contribution in [-0.2, 0) is 11.3 Å². The molecule has 0 spiro atoms. The fraction of sp³-hybridized carbons (Fsp3) is 0.500. The Balaban J connectivity index is 2.84. The highest BCUT2D eigenvalue weighted by molar-refractivity contribution is 5.78. The molecule has 0 radical (unpaired) electrons. The summed E-state index contributed by atoms with van der Waals surface area (Å²) in [5.74, 6) is 1.29. The van der Waals surface area contributed by atoms with Crippen molar-refractivity contribution in [3.63, 3.8) is 0 Å². The van der Waals surface area contributed by atoms with Crippen LogP contribution in [0.5, 0.6) is 11.5 Å². The maximum atomic E-state index is 12.0. The zero-order valence-electron chi connectivity index (χ0n) is 12.0. The molecule has 1 aromatic carbocycles. The number of nitrogens with two attached hydrogens (primary N) is 1. The Bertz CT molecular complexity index is 435. The van der Waals surface area contributed by atoms with Crippen molar-refractivity contribution in [3.8, 4) is 11.5 Å². The van der Waals surface area contributed by atoms with Gasteiger partial charge in [-0.1, -0.05) is 6.92 Å². The molecule has 0 aromatic heterocycles. The van der Waals surface area contributed by atoms with Gasteiger partial charge in [-0.05, 0) is 12.1 Å². The van der Waals surface area contributed by atoms with Crippen LogP contribution in [0.25, 0.3) is 0 Å². The van der Waals surface area contributed by atoms with Crippen LogP contribution in [0.15, 0.2) is 18.2 Å². The van der Waals surface area contributed by atoms with Crippen LogP contribution in [0.4, 0.5) is 0 Å². The summed E-state index contributed by atoms with van der Waals surface area (Å²) >= 11 is 0. The monoisotopic (exact) mass is 266 g/mol. The lowest BCUT2D eigenvalue weighted by Gasteiger charge is -2.22. The van der Waals surface area contributed by atoms with Gasteiger partial charge in [-0.25, -0.2) is 0 Å². The lowest BCUT2D eigenvalue weighted by Crippen LogP contribution is -2.34. The third-order valence-corrected chi connectivity index (χ3v) is 3.05. The first-order valence-electron chi connectivity index (χ1n) is 6.19. The summed E-state index contributed by atoms with van der Waals surface area (Å²) in [5, 5.41) is 0. The first kappa shape index (κ1) is 15.3. The van der Waals surface area contributed by atoms with Crippen molar-refractivity contribution in [2.45, 2.75) is 13.5 Å². The van der Waals surface area contributed by atoms with Crippen LogP contribution < -0.4 is 15.2 Å². The molecule has 0 saturated heterocycles. The number of rotatable bonds is 6. The molecular weight excluding hydrogens is 244 g/mol. The van der Waals surface area contributed by atoms with Crippen LogP contribution in [0, 0.1) is 5.92 Å². The van der Waals surface area contributed by atoms with Crippen molar-refractivity contribution in [3.05, 3.63) is 23.8 Å². The van der Waals surface area contributed by atoms with Gasteiger partial charge in [0, 0.05) is 37.7 Å². The number of benzene rings is 1. The normalized spacial score (nSPS) is 11.8. The first-order chi connectivity index (χ1) is 9.03. The van der Waals surface area contributed by atoms with E-state index in [1.807, 2.05) is 19.1 Å². The Morgan fingerprint density at radius 1 is 1.37 bits per heavy atom. The van der Waals surface area contributed by atoms with Crippen LogP contribution >= 0.6 is 0 Å². The quantitative estimate of drug-likeness (QED) is 0.842. The number of ether oxygens (including phenoxy) is 2. The Kier molecular flexibility index (Phi) is 5.63. The number of carbonyl (C=O) groups is 1. The molecule has 0 bridgehead atoms. The minimum atomic E-state index is -0.172. The molecule has 1 aromatic rings. The number of methoxy groups -OCH3 is 2. The third-order valence-electron chi connectivity index (χ3n) is 3.05. The van der Waals surface area contributed by atoms with E-state index in [4.69, 9.17) is 15.2 Å². The van der Waals surface area contributed by atoms with Crippen LogP contribution in [0.2, 0.25) is 0 Å². The summed E-state index contributed by atoms with van der Waals surface area (Å²) < 4.78 is 10.5. The van der Waals surface area contributed by atoms with Crippen molar-refractivity contribution in [2.75, 3.05) is 27.8 Å². The number of amides is 1. The van der Waals surface area contributed by atoms with Gasteiger partial charge < -0.3 is 20.1 Å². The number of hydrogen-bond acceptors (Lipinski definition) is 4. The average molecular weight is 266 g/mol. The van der Waals surface area contributed by atoms with Gasteiger partial charge in [0.1, 0.15) is 11.5 Å². The second kappa shape index (κ2) is 6.99. The van der Waals surface area contributed by atoms with Gasteiger partial charge in [0.25, 0.3) is 0 Å². The summed E-state index contributed by atoms with van der Waals surface area (Å²) in [7, 11) is 4.97. The molecule has 1 atom stereocenters. The molecule has 0 saturated carbocycles. The first-order valence-corrected chi connectivity index (χ1v) is 6.19. The summed E-state index contributed by atoms with van der Waals surface area (Å²) in [6.07, 6.45) is 0. The van der Waals surface area contributed by atoms with Crippen molar-refractivity contribution in [1.29, 1.82) is 0 Å². The molecule has 0 fully saturated rings. The number of carbonyl (C=O) groups excluding carboxylic acids is 1. The van der Waals surface area contributed by atoms with Crippen LogP contribution in [-0.4, -0.2) is 38.6 Å². The van der Waals surface area contributed by atoms with E-state index in [-0.39, 0.29) is 11.8 Å². The molecule has 106 valence electrons. The molecule has 2 N–H and O–H groups in total. The Hall–Kier alpha value is -1.75. The standard InChI is InChI=1S/C14H22N2O3/c1-10(8-15)14(17)16(2)9-11-5-6-12(18-3)7-13(11)19-4/h5-7,10H,8-9,15H2,1-4H3. The maximum absolute atomic E-state index is 12.0. The summed E-state index contributed by atoms with van der Waals surface area (Å²) in [5.41, 5.74) is 6.44. The Labute approximate surface area is 114 Å². The predicted molar refractivity (Wildman–Crippen MR) is 74.2 cm³/mol. The average Bonchev–Trinajstić information content (AvgIpc) is 2.45. The molecular formula is C14H22N2O3. The van der Waals surface area contributed by atoms with E-state index in [1.54, 1.807) is 32.2 Å². The summed E-state index contributed by atoms with van der Waals surface area (Å²) in [4.78, 5) is 13.6. The van der Waals surface area contributed by atoms with E-state index in [0.717, 1.165) is 11.3 Å². The second-order valence-corrected chi connectivity index (χ2v) is 4.51. The Morgan fingerprint density at radius 2 is 2.05 bits per heavy atom. The highest BCUT2D eigenvalue weighted by atomic mass is 16.5. The van der Waals surface area contributed by atoms with Gasteiger partial charge in [0.15, 0.2) is 0 Å². The topological polar surface area (TPSA) is 64.8 Å². The third kappa shape index (κ3) is 3.86. The van der Waals surface area contributed by atoms with Crippen LogP contribution in [0.1, 0.15) is 12.5 Å². The van der Waals surface area contributed by atoms with Crippen molar-refractivity contribution in [2.24, 2.45) is 11.7 Å². The maximum Gasteiger partial charge on any atom is 0.226 e. The summed E-state index contributed by atoms with van der Waals surface area (Å²) in [6, 6.07) is 5.55. The molecule has 0 aliphatic carbocycles. The van der Waals surface area contributed by atoms with Crippen molar-refractivity contribution in [1.82, 2.24) is 4.90 Å². The van der Waals surface area contributed by atoms with E-state index in [2.05, 4.69) is 0 Å². The summed E-state index contributed by atoms with van der Waals surface area (Å²) in [6.45, 7) is 2.66. The van der Waals surface area contributed by atoms with Crippen molar-refractivity contribution >= 4 is 5.91 Å². The van der Waals surface area contributed by atoms with Gasteiger partial charge in [0.05, 0.1) is 14.2 Å². The molecule has 5 heteroatoms. The van der Waals surface area contributed by atoms with E-state index in [1.165, 1.54) is 0 Å². The lowest BCUT2D eigenvalue weighted by molar-refractivity contribution is -0.133. The van der Waals surface area contributed by atoms with Gasteiger partial charge in [-0.2, -0.15) is 0 Å². The van der Waals surface area contributed by atoms with Crippen molar-refractivity contribution < 1.29 is 14.3 Å². The molecule has 1 unspecified atom stereocenters. The van der Waals surface area contributed by atoms with E-state index in [9.17, 15) is 4.79 Å². The number of nitrogens with zero attached hydrogens (tertiary/aromatic N) is 1. The zero-order chi connectivity index (χ0) is 14.4. The molecule has 0 aliphatic rings. The highest BCUT2D eigenvalue weighted by Crippen LogP contribution is 2.25. The zero-order valence-corrected chi connectivity index (χ0v) is 12.0. The molecule has 0 aliphatic heterocycles. The van der Waals surface area contributed by atoms with E-state index in [0.29, 0.717) is 18.8 Å². The molecule has 5 nitrogen and oxygen atoms in total. The second-order valence-electron chi connectivity index (χ2n) is 4.51. The van der Waals surface area contributed by atoms with Gasteiger partial charge in [-0.3, -0.25) is 4.79 Å². The van der Waals surface area contributed by atoms with Gasteiger partial charge in [-0.15, -0.1) is 0 Å². The molecule has 1 rings (SSSR count). The highest BCUT2D eigenvalue weighted by Gasteiger charge is 2.17. The lowest BCUT2D eigenvalue weighted by atomic mass is 10.1. The molecule has 19 heavy (non-hydrogen) atoms. The minimum Gasteiger partial charge on any atom is -0.497 e. The SMILES string of the molecule is COc1ccc(CN(C)C(=O)C(C)CN)c(OC)c1. The number of hydrogen-bond donors (Lipinski definition) is 1. The fourth-order valence-electron chi connectivity index (χ4n) is 1.79. The van der Waals surface area contributed by atoms with E-state index < -0.39 is 0 Å². The Morgan fingerprint density at radius 3 is 2.58 bits per heavy atom. The van der Waals surface area contributed by atoms with Gasteiger partial charge >= 0.3 is 0 Å². The minimum absolute atomic E-state index is 0.0281. The predicted octanol–water partition coefficient (Wildman–Crippen LogP) is 1.26. The van der Waals surface area contributed by atoms with E-state index >= 15 is 0 Å². The molecule has 1 amide bonds.